The number of amides is 1. The van der Waals surface area contributed by atoms with Gasteiger partial charge in [-0.05, 0) is 92.8 Å². The molecule has 2 saturated heterocycles. The summed E-state index contributed by atoms with van der Waals surface area (Å²) in [5, 5.41) is 9.44. The molecule has 3 heterocycles. The quantitative estimate of drug-likeness (QED) is 0.229. The number of aryl methyl sites for hydroxylation is 3. The number of aromatic carboxylic acids is 1. The summed E-state index contributed by atoms with van der Waals surface area (Å²) in [7, 11) is 1.64. The molecule has 8 heteroatoms. The van der Waals surface area contributed by atoms with Crippen LogP contribution in [-0.4, -0.2) is 53.3 Å². The number of rotatable bonds is 8. The molecule has 2 aliphatic heterocycles. The molecule has 0 spiro atoms. The number of ether oxygens (including phenoxy) is 2. The number of cyclic esters (lactones) is 1. The van der Waals surface area contributed by atoms with Gasteiger partial charge < -0.3 is 19.5 Å². The fourth-order valence-electron chi connectivity index (χ4n) is 6.28. The van der Waals surface area contributed by atoms with Gasteiger partial charge in [0.25, 0.3) is 0 Å². The zero-order valence-electron chi connectivity index (χ0n) is 25.8. The second kappa shape index (κ2) is 11.7. The van der Waals surface area contributed by atoms with Gasteiger partial charge in [0.1, 0.15) is 17.7 Å². The maximum atomic E-state index is 13.4. The van der Waals surface area contributed by atoms with Gasteiger partial charge in [0, 0.05) is 24.2 Å². The van der Waals surface area contributed by atoms with E-state index < -0.39 is 5.97 Å². The van der Waals surface area contributed by atoms with E-state index in [1.807, 2.05) is 38.1 Å². The van der Waals surface area contributed by atoms with E-state index in [0.29, 0.717) is 5.75 Å². The number of carbonyl (C=O) groups excluding carboxylic acids is 1. The minimum absolute atomic E-state index is 0.199. The third-order valence-electron chi connectivity index (χ3n) is 8.70. The first-order valence-corrected chi connectivity index (χ1v) is 15.0. The van der Waals surface area contributed by atoms with Gasteiger partial charge in [-0.25, -0.2) is 14.6 Å². The fourth-order valence-corrected chi connectivity index (χ4v) is 6.28. The molecule has 0 bridgehead atoms. The van der Waals surface area contributed by atoms with Crippen molar-refractivity contribution in [2.24, 2.45) is 0 Å². The second-order valence-corrected chi connectivity index (χ2v) is 11.8. The average molecular weight is 592 g/mol. The van der Waals surface area contributed by atoms with Gasteiger partial charge in [0.2, 0.25) is 0 Å². The lowest BCUT2D eigenvalue weighted by atomic mass is 9.93. The molecule has 1 aromatic heterocycles. The highest BCUT2D eigenvalue weighted by Gasteiger charge is 2.40. The van der Waals surface area contributed by atoms with E-state index >= 15 is 0 Å². The molecule has 6 rings (SSSR count). The van der Waals surface area contributed by atoms with E-state index in [-0.39, 0.29) is 30.3 Å². The van der Waals surface area contributed by atoms with Gasteiger partial charge >= 0.3 is 12.1 Å². The SMILES string of the molecule is COc1ccc(-c2ccc(C(=O)O)cc2C)cc1-c1ccc(N2CCC2)nc1CN1C(=O)OC(c2cc(C)cc(C)c2)C1C. The second-order valence-electron chi connectivity index (χ2n) is 11.8. The van der Waals surface area contributed by atoms with Crippen molar-refractivity contribution in [3.8, 4) is 28.0 Å². The normalized spacial score (nSPS) is 17.8. The lowest BCUT2D eigenvalue weighted by Gasteiger charge is -2.33. The maximum absolute atomic E-state index is 13.4. The van der Waals surface area contributed by atoms with Crippen LogP contribution in [0.3, 0.4) is 0 Å². The van der Waals surface area contributed by atoms with Crippen LogP contribution in [0.4, 0.5) is 10.6 Å². The number of carbonyl (C=O) groups is 2. The highest BCUT2D eigenvalue weighted by molar-refractivity contribution is 5.89. The monoisotopic (exact) mass is 591 g/mol. The van der Waals surface area contributed by atoms with Gasteiger partial charge in [-0.3, -0.25) is 4.90 Å². The van der Waals surface area contributed by atoms with E-state index in [1.54, 1.807) is 24.1 Å². The molecule has 8 nitrogen and oxygen atoms in total. The number of benzene rings is 3. The maximum Gasteiger partial charge on any atom is 0.411 e. The first kappa shape index (κ1) is 29.2. The molecule has 4 aromatic rings. The van der Waals surface area contributed by atoms with Crippen molar-refractivity contribution in [3.63, 3.8) is 0 Å². The van der Waals surface area contributed by atoms with E-state index in [1.165, 1.54) is 0 Å². The Morgan fingerprint density at radius 2 is 1.68 bits per heavy atom. The van der Waals surface area contributed by atoms with Crippen LogP contribution in [0.15, 0.2) is 66.7 Å². The van der Waals surface area contributed by atoms with E-state index in [9.17, 15) is 14.7 Å². The molecular formula is C36H37N3O5. The molecule has 44 heavy (non-hydrogen) atoms. The number of pyridine rings is 1. The minimum atomic E-state index is -0.956. The molecule has 0 radical (unpaired) electrons. The van der Waals surface area contributed by atoms with Crippen LogP contribution in [0.1, 0.15) is 57.8 Å². The van der Waals surface area contributed by atoms with Crippen LogP contribution in [-0.2, 0) is 11.3 Å². The van der Waals surface area contributed by atoms with E-state index in [2.05, 4.69) is 49.1 Å². The Morgan fingerprint density at radius 1 is 0.955 bits per heavy atom. The minimum Gasteiger partial charge on any atom is -0.496 e. The summed E-state index contributed by atoms with van der Waals surface area (Å²) in [4.78, 5) is 34.0. The average Bonchev–Trinajstić information content (AvgIpc) is 3.24. The number of hydrogen-bond acceptors (Lipinski definition) is 6. The van der Waals surface area contributed by atoms with Crippen LogP contribution < -0.4 is 9.64 Å². The first-order chi connectivity index (χ1) is 21.1. The summed E-state index contributed by atoms with van der Waals surface area (Å²) in [6, 6.07) is 21.3. The third kappa shape index (κ3) is 5.48. The zero-order valence-corrected chi connectivity index (χ0v) is 25.8. The molecular weight excluding hydrogens is 554 g/mol. The standard InChI is InChI=1S/C36H37N3O5/c1-21-15-22(2)17-27(16-21)34-24(4)39(36(42)44-34)20-31-29(10-12-33(37-31)38-13-6-14-38)30-19-25(8-11-32(30)43-5)28-9-7-26(35(40)41)18-23(28)3/h7-12,15-19,24,34H,6,13-14,20H2,1-5H3,(H,40,41). The van der Waals surface area contributed by atoms with Crippen LogP contribution in [0.5, 0.6) is 5.75 Å². The summed E-state index contributed by atoms with van der Waals surface area (Å²) in [6.07, 6.45) is 0.387. The fraction of sp³-hybridized carbons (Fsp3) is 0.306. The topological polar surface area (TPSA) is 92.2 Å². The first-order valence-electron chi connectivity index (χ1n) is 15.0. The molecule has 0 saturated carbocycles. The van der Waals surface area contributed by atoms with Crippen LogP contribution in [0, 0.1) is 20.8 Å². The molecule has 226 valence electrons. The lowest BCUT2D eigenvalue weighted by molar-refractivity contribution is 0.0696. The summed E-state index contributed by atoms with van der Waals surface area (Å²) < 4.78 is 11.8. The summed E-state index contributed by atoms with van der Waals surface area (Å²) in [5.74, 6) is 0.609. The van der Waals surface area contributed by atoms with Gasteiger partial charge in [0.05, 0.1) is 31.0 Å². The molecule has 1 amide bonds. The Hall–Kier alpha value is -4.85. The van der Waals surface area contributed by atoms with Crippen LogP contribution in [0.2, 0.25) is 0 Å². The number of nitrogens with zero attached hydrogens (tertiary/aromatic N) is 3. The molecule has 2 aliphatic rings. The highest BCUT2D eigenvalue weighted by Crippen LogP contribution is 2.40. The van der Waals surface area contributed by atoms with E-state index in [0.717, 1.165) is 75.5 Å². The van der Waals surface area contributed by atoms with Gasteiger partial charge in [-0.15, -0.1) is 0 Å². The summed E-state index contributed by atoms with van der Waals surface area (Å²) in [5.41, 5.74) is 8.69. The lowest BCUT2D eigenvalue weighted by Crippen LogP contribution is -2.38. The van der Waals surface area contributed by atoms with Crippen molar-refractivity contribution >= 4 is 17.9 Å². The van der Waals surface area contributed by atoms with Gasteiger partial charge in [0.15, 0.2) is 0 Å². The number of carboxylic acid groups (broad SMARTS) is 1. The Labute approximate surface area is 257 Å². The van der Waals surface area contributed by atoms with Crippen molar-refractivity contribution < 1.29 is 24.2 Å². The van der Waals surface area contributed by atoms with Crippen LogP contribution >= 0.6 is 0 Å². The Morgan fingerprint density at radius 3 is 2.32 bits per heavy atom. The summed E-state index contributed by atoms with van der Waals surface area (Å²) in [6.45, 7) is 10.2. The Balaban J connectivity index is 1.41. The highest BCUT2D eigenvalue weighted by atomic mass is 16.6. The zero-order chi connectivity index (χ0) is 31.1. The number of aromatic nitrogens is 1. The number of carboxylic acids is 1. The van der Waals surface area contributed by atoms with Crippen LogP contribution in [0.25, 0.3) is 22.3 Å². The molecule has 2 atom stereocenters. The van der Waals surface area contributed by atoms with Crippen molar-refractivity contribution in [1.82, 2.24) is 9.88 Å². The summed E-state index contributed by atoms with van der Waals surface area (Å²) >= 11 is 0. The Kier molecular flexibility index (Phi) is 7.76. The van der Waals surface area contributed by atoms with Crippen molar-refractivity contribution in [1.29, 1.82) is 0 Å². The molecule has 2 fully saturated rings. The van der Waals surface area contributed by atoms with Gasteiger partial charge in [-0.2, -0.15) is 0 Å². The van der Waals surface area contributed by atoms with Crippen molar-refractivity contribution in [2.45, 2.75) is 52.8 Å². The number of methoxy groups -OCH3 is 1. The third-order valence-corrected chi connectivity index (χ3v) is 8.70. The smallest absolute Gasteiger partial charge is 0.411 e. The number of anilines is 1. The number of hydrogen-bond donors (Lipinski definition) is 1. The predicted molar refractivity (Wildman–Crippen MR) is 170 cm³/mol. The predicted octanol–water partition coefficient (Wildman–Crippen LogP) is 7.34. The molecule has 0 aliphatic carbocycles. The molecule has 1 N–H and O–H groups in total. The van der Waals surface area contributed by atoms with Crippen molar-refractivity contribution in [2.75, 3.05) is 25.1 Å². The van der Waals surface area contributed by atoms with Gasteiger partial charge in [-0.1, -0.05) is 41.5 Å². The van der Waals surface area contributed by atoms with Crippen molar-refractivity contribution in [3.05, 3.63) is 100 Å². The Bertz CT molecular complexity index is 1740. The van der Waals surface area contributed by atoms with E-state index in [4.69, 9.17) is 14.5 Å². The largest absolute Gasteiger partial charge is 0.496 e. The molecule has 3 aromatic carbocycles. The molecule has 2 unspecified atom stereocenters.